The lowest BCUT2D eigenvalue weighted by molar-refractivity contribution is -0.114. The minimum atomic E-state index is -0.411. The fraction of sp³-hybridized carbons (Fsp3) is 0.111. The highest BCUT2D eigenvalue weighted by atomic mass is 16.1. The van der Waals surface area contributed by atoms with Gasteiger partial charge in [0, 0.05) is 12.4 Å². The molecule has 0 aliphatic carbocycles. The van der Waals surface area contributed by atoms with E-state index in [2.05, 4.69) is 4.99 Å². The maximum Gasteiger partial charge on any atom is 0.248 e. The standard InChI is InChI=1S/C9H9N3O/c10-9(13)7-5-11-8-3-1-2-4-12(8)6-7/h1-4,6H,5H2,(H2,10,13). The molecule has 4 nitrogen and oxygen atoms in total. The Morgan fingerprint density at radius 2 is 2.38 bits per heavy atom. The summed E-state index contributed by atoms with van der Waals surface area (Å²) in [5.74, 6) is 0.429. The lowest BCUT2D eigenvalue weighted by Crippen LogP contribution is -2.28. The lowest BCUT2D eigenvalue weighted by atomic mass is 10.2. The van der Waals surface area contributed by atoms with E-state index >= 15 is 0 Å². The molecule has 66 valence electrons. The molecule has 0 radical (unpaired) electrons. The number of carbonyl (C=O) groups is 1. The Morgan fingerprint density at radius 1 is 1.54 bits per heavy atom. The van der Waals surface area contributed by atoms with Crippen LogP contribution in [0.5, 0.6) is 0 Å². The fourth-order valence-corrected chi connectivity index (χ4v) is 1.21. The topological polar surface area (TPSA) is 58.7 Å². The van der Waals surface area contributed by atoms with Crippen LogP contribution in [-0.2, 0) is 4.79 Å². The zero-order valence-electron chi connectivity index (χ0n) is 6.97. The predicted octanol–water partition coefficient (Wildman–Crippen LogP) is 0.153. The minimum Gasteiger partial charge on any atom is -0.366 e. The molecule has 2 aliphatic rings. The first-order chi connectivity index (χ1) is 6.27. The zero-order chi connectivity index (χ0) is 9.26. The van der Waals surface area contributed by atoms with Crippen LogP contribution in [0.3, 0.4) is 0 Å². The number of carbonyl (C=O) groups excluding carboxylic acids is 1. The number of amides is 1. The number of amidine groups is 1. The Morgan fingerprint density at radius 3 is 3.15 bits per heavy atom. The molecule has 2 aliphatic heterocycles. The van der Waals surface area contributed by atoms with Crippen LogP contribution < -0.4 is 5.73 Å². The Bertz CT molecular complexity index is 363. The smallest absolute Gasteiger partial charge is 0.248 e. The molecule has 0 fully saturated rings. The van der Waals surface area contributed by atoms with Gasteiger partial charge in [-0.25, -0.2) is 0 Å². The van der Waals surface area contributed by atoms with Crippen LogP contribution in [-0.4, -0.2) is 23.2 Å². The molecule has 0 aromatic heterocycles. The molecule has 0 aromatic rings. The first-order valence-corrected chi connectivity index (χ1v) is 3.95. The van der Waals surface area contributed by atoms with E-state index in [1.165, 1.54) is 0 Å². The molecule has 4 heteroatoms. The van der Waals surface area contributed by atoms with Gasteiger partial charge in [0.2, 0.25) is 5.91 Å². The van der Waals surface area contributed by atoms with Gasteiger partial charge in [-0.3, -0.25) is 9.79 Å². The highest BCUT2D eigenvalue weighted by Gasteiger charge is 2.15. The maximum absolute atomic E-state index is 10.8. The average molecular weight is 175 g/mol. The zero-order valence-corrected chi connectivity index (χ0v) is 6.97. The van der Waals surface area contributed by atoms with Gasteiger partial charge in [0.05, 0.1) is 12.1 Å². The third kappa shape index (κ3) is 1.38. The first-order valence-electron chi connectivity index (χ1n) is 3.95. The number of rotatable bonds is 1. The van der Waals surface area contributed by atoms with Crippen LogP contribution in [0.1, 0.15) is 0 Å². The highest BCUT2D eigenvalue weighted by Crippen LogP contribution is 2.11. The summed E-state index contributed by atoms with van der Waals surface area (Å²) in [5.41, 5.74) is 5.67. The third-order valence-corrected chi connectivity index (χ3v) is 1.89. The summed E-state index contributed by atoms with van der Waals surface area (Å²) in [6.45, 7) is 0.374. The molecule has 0 saturated carbocycles. The van der Waals surface area contributed by atoms with Crippen LogP contribution >= 0.6 is 0 Å². The van der Waals surface area contributed by atoms with E-state index in [-0.39, 0.29) is 0 Å². The number of nitrogens with two attached hydrogens (primary N) is 1. The molecule has 0 saturated heterocycles. The van der Waals surface area contributed by atoms with Crippen LogP contribution in [0.4, 0.5) is 0 Å². The Kier molecular flexibility index (Phi) is 1.73. The summed E-state index contributed by atoms with van der Waals surface area (Å²) < 4.78 is 0. The van der Waals surface area contributed by atoms with Crippen molar-refractivity contribution in [3.05, 3.63) is 36.2 Å². The molecular weight excluding hydrogens is 166 g/mol. The summed E-state index contributed by atoms with van der Waals surface area (Å²) in [6.07, 6.45) is 9.21. The number of hydrogen-bond acceptors (Lipinski definition) is 3. The Balaban J connectivity index is 2.27. The molecule has 2 rings (SSSR count). The molecule has 0 aromatic carbocycles. The summed E-state index contributed by atoms with van der Waals surface area (Å²) in [5, 5.41) is 0. The second-order valence-electron chi connectivity index (χ2n) is 2.80. The van der Waals surface area contributed by atoms with Crippen molar-refractivity contribution in [3.8, 4) is 0 Å². The number of primary amides is 1. The monoisotopic (exact) mass is 175 g/mol. The van der Waals surface area contributed by atoms with E-state index in [4.69, 9.17) is 5.73 Å². The summed E-state index contributed by atoms with van der Waals surface area (Å²) >= 11 is 0. The predicted molar refractivity (Wildman–Crippen MR) is 49.7 cm³/mol. The van der Waals surface area contributed by atoms with Gasteiger partial charge in [-0.15, -0.1) is 0 Å². The van der Waals surface area contributed by atoms with Gasteiger partial charge in [0.1, 0.15) is 5.84 Å². The lowest BCUT2D eigenvalue weighted by Gasteiger charge is -2.22. The van der Waals surface area contributed by atoms with E-state index in [0.29, 0.717) is 12.1 Å². The highest BCUT2D eigenvalue weighted by molar-refractivity contribution is 6.00. The second kappa shape index (κ2) is 2.90. The molecule has 2 N–H and O–H groups in total. The molecule has 0 atom stereocenters. The first kappa shape index (κ1) is 7.79. The van der Waals surface area contributed by atoms with Crippen LogP contribution in [0, 0.1) is 0 Å². The number of aliphatic imine (C=N–C) groups is 1. The number of nitrogens with zero attached hydrogens (tertiary/aromatic N) is 2. The number of allylic oxidation sites excluding steroid dienone is 2. The van der Waals surface area contributed by atoms with E-state index < -0.39 is 5.91 Å². The molecule has 2 heterocycles. The van der Waals surface area contributed by atoms with Gasteiger partial charge in [0.25, 0.3) is 0 Å². The Hall–Kier alpha value is -1.84. The van der Waals surface area contributed by atoms with Crippen molar-refractivity contribution in [2.24, 2.45) is 10.7 Å². The molecule has 0 bridgehead atoms. The van der Waals surface area contributed by atoms with E-state index in [0.717, 1.165) is 5.84 Å². The summed E-state index contributed by atoms with van der Waals surface area (Å²) in [7, 11) is 0. The van der Waals surface area contributed by atoms with Crippen molar-refractivity contribution in [1.82, 2.24) is 4.90 Å². The van der Waals surface area contributed by atoms with Crippen molar-refractivity contribution in [1.29, 1.82) is 0 Å². The summed E-state index contributed by atoms with van der Waals surface area (Å²) in [4.78, 5) is 16.8. The van der Waals surface area contributed by atoms with Crippen LogP contribution in [0.2, 0.25) is 0 Å². The Labute approximate surface area is 75.7 Å². The number of fused-ring (bicyclic) bond motifs is 1. The van der Waals surface area contributed by atoms with Gasteiger partial charge in [-0.1, -0.05) is 6.08 Å². The van der Waals surface area contributed by atoms with Gasteiger partial charge in [-0.2, -0.15) is 0 Å². The van der Waals surface area contributed by atoms with Crippen molar-refractivity contribution in [2.75, 3.05) is 6.54 Å². The maximum atomic E-state index is 10.8. The number of hydrogen-bond donors (Lipinski definition) is 1. The average Bonchev–Trinajstić information content (AvgIpc) is 2.17. The summed E-state index contributed by atoms with van der Waals surface area (Å²) in [6, 6.07) is 0. The van der Waals surface area contributed by atoms with Crippen LogP contribution in [0.15, 0.2) is 41.2 Å². The quantitative estimate of drug-likeness (QED) is 0.616. The van der Waals surface area contributed by atoms with E-state index in [1.54, 1.807) is 11.1 Å². The van der Waals surface area contributed by atoms with Crippen molar-refractivity contribution >= 4 is 11.7 Å². The van der Waals surface area contributed by atoms with Crippen LogP contribution in [0.25, 0.3) is 0 Å². The van der Waals surface area contributed by atoms with Crippen molar-refractivity contribution in [2.45, 2.75) is 0 Å². The van der Waals surface area contributed by atoms with Crippen molar-refractivity contribution < 1.29 is 4.79 Å². The van der Waals surface area contributed by atoms with E-state index in [9.17, 15) is 4.79 Å². The van der Waals surface area contributed by atoms with Gasteiger partial charge < -0.3 is 10.6 Å². The molecule has 13 heavy (non-hydrogen) atoms. The second-order valence-corrected chi connectivity index (χ2v) is 2.80. The van der Waals surface area contributed by atoms with Crippen molar-refractivity contribution in [3.63, 3.8) is 0 Å². The molecule has 1 amide bonds. The van der Waals surface area contributed by atoms with Gasteiger partial charge in [0.15, 0.2) is 0 Å². The van der Waals surface area contributed by atoms with Gasteiger partial charge in [-0.05, 0) is 12.2 Å². The minimum absolute atomic E-state index is 0.374. The molecular formula is C9H9N3O. The van der Waals surface area contributed by atoms with Gasteiger partial charge >= 0.3 is 0 Å². The normalized spacial score (nSPS) is 19.2. The molecule has 0 spiro atoms. The third-order valence-electron chi connectivity index (χ3n) is 1.89. The largest absolute Gasteiger partial charge is 0.366 e. The fourth-order valence-electron chi connectivity index (χ4n) is 1.21. The molecule has 0 unspecified atom stereocenters. The SMILES string of the molecule is NC(=O)C1=CN2C=CC=CC2=NC1. The van der Waals surface area contributed by atoms with E-state index in [1.807, 2.05) is 24.4 Å².